The molecule has 0 amide bonds. The number of thioether (sulfide) groups is 1. The predicted octanol–water partition coefficient (Wildman–Crippen LogP) is 4.03. The molecule has 0 radical (unpaired) electrons. The van der Waals surface area contributed by atoms with Crippen molar-refractivity contribution >= 4 is 39.1 Å². The first-order chi connectivity index (χ1) is 8.31. The number of rotatable bonds is 1. The molecule has 0 fully saturated rings. The molecule has 0 aliphatic carbocycles. The Bertz CT molecular complexity index is 599. The fourth-order valence-corrected chi connectivity index (χ4v) is 2.93. The number of anilines is 1. The van der Waals surface area contributed by atoms with E-state index in [1.807, 2.05) is 0 Å². The van der Waals surface area contributed by atoms with Crippen molar-refractivity contribution in [2.24, 2.45) is 4.99 Å². The number of nitrogens with zero attached hydrogens (tertiary/aromatic N) is 2. The summed E-state index contributed by atoms with van der Waals surface area (Å²) in [5.74, 6) is 1.04. The molecule has 1 aliphatic heterocycles. The molecule has 17 heavy (non-hydrogen) atoms. The summed E-state index contributed by atoms with van der Waals surface area (Å²) >= 11 is 1.78. The fraction of sp³-hybridized carbons (Fsp3) is 0.214. The first kappa shape index (κ1) is 10.7. The average molecular weight is 242 g/mol. The van der Waals surface area contributed by atoms with E-state index >= 15 is 0 Å². The number of aliphatic imine (C=N–C) groups is 1. The highest BCUT2D eigenvalue weighted by atomic mass is 32.2. The third-order valence-electron chi connectivity index (χ3n) is 3.00. The fourth-order valence-electron chi connectivity index (χ4n) is 2.21. The molecule has 1 aliphatic rings. The molecule has 2 aromatic rings. The Hall–Kier alpha value is -1.48. The predicted molar refractivity (Wildman–Crippen MR) is 77.6 cm³/mol. The van der Waals surface area contributed by atoms with Crippen molar-refractivity contribution in [2.45, 2.75) is 6.92 Å². The molecular weight excluding hydrogens is 228 g/mol. The quantitative estimate of drug-likeness (QED) is 0.750. The summed E-state index contributed by atoms with van der Waals surface area (Å²) < 4.78 is 0. The van der Waals surface area contributed by atoms with Crippen molar-refractivity contribution in [3.63, 3.8) is 0 Å². The van der Waals surface area contributed by atoms with Gasteiger partial charge >= 0.3 is 0 Å². The zero-order valence-electron chi connectivity index (χ0n) is 9.97. The van der Waals surface area contributed by atoms with Crippen molar-refractivity contribution < 1.29 is 0 Å². The lowest BCUT2D eigenvalue weighted by Gasteiger charge is -2.26. The van der Waals surface area contributed by atoms with Crippen LogP contribution in [0.3, 0.4) is 0 Å². The standard InChI is InChI=1S/C14H14N2S/c1-3-17-14-15-11-8-4-6-10-7-5-9-12(13(10)11)16(14)2/h4-9H,3H2,1-2H3. The maximum absolute atomic E-state index is 4.74. The Labute approximate surface area is 105 Å². The van der Waals surface area contributed by atoms with Gasteiger partial charge in [0, 0.05) is 12.4 Å². The first-order valence-corrected chi connectivity index (χ1v) is 6.77. The smallest absolute Gasteiger partial charge is 0.168 e. The van der Waals surface area contributed by atoms with Crippen LogP contribution in [0.2, 0.25) is 0 Å². The van der Waals surface area contributed by atoms with Crippen LogP contribution in [0, 0.1) is 0 Å². The molecule has 2 nitrogen and oxygen atoms in total. The van der Waals surface area contributed by atoms with Crippen LogP contribution in [0.5, 0.6) is 0 Å². The highest BCUT2D eigenvalue weighted by Gasteiger charge is 2.18. The molecule has 3 rings (SSSR count). The van der Waals surface area contributed by atoms with E-state index in [0.29, 0.717) is 0 Å². The Morgan fingerprint density at radius 1 is 1.18 bits per heavy atom. The van der Waals surface area contributed by atoms with Gasteiger partial charge in [-0.1, -0.05) is 43.0 Å². The molecule has 0 N–H and O–H groups in total. The lowest BCUT2D eigenvalue weighted by Crippen LogP contribution is -2.25. The van der Waals surface area contributed by atoms with Gasteiger partial charge in [0.1, 0.15) is 0 Å². The Morgan fingerprint density at radius 3 is 2.71 bits per heavy atom. The van der Waals surface area contributed by atoms with Gasteiger partial charge in [0.05, 0.1) is 11.4 Å². The topological polar surface area (TPSA) is 15.6 Å². The molecule has 0 saturated heterocycles. The SMILES string of the molecule is CCSC1=Nc2cccc3cccc(c23)N1C. The number of amidine groups is 1. The molecule has 86 valence electrons. The van der Waals surface area contributed by atoms with Gasteiger partial charge < -0.3 is 4.90 Å². The van der Waals surface area contributed by atoms with Crippen LogP contribution >= 0.6 is 11.8 Å². The summed E-state index contributed by atoms with van der Waals surface area (Å²) in [6, 6.07) is 12.7. The first-order valence-electron chi connectivity index (χ1n) is 5.78. The Balaban J connectivity index is 2.29. The molecule has 0 unspecified atom stereocenters. The minimum Gasteiger partial charge on any atom is -0.323 e. The summed E-state index contributed by atoms with van der Waals surface area (Å²) in [6.45, 7) is 2.15. The minimum absolute atomic E-state index is 1.04. The molecule has 0 spiro atoms. The maximum Gasteiger partial charge on any atom is 0.168 e. The Kier molecular flexibility index (Phi) is 2.56. The molecule has 0 atom stereocenters. The van der Waals surface area contributed by atoms with Gasteiger partial charge in [0.2, 0.25) is 0 Å². The van der Waals surface area contributed by atoms with E-state index in [0.717, 1.165) is 16.6 Å². The van der Waals surface area contributed by atoms with Crippen molar-refractivity contribution in [1.29, 1.82) is 0 Å². The van der Waals surface area contributed by atoms with Crippen LogP contribution < -0.4 is 4.90 Å². The maximum atomic E-state index is 4.74. The summed E-state index contributed by atoms with van der Waals surface area (Å²) in [5.41, 5.74) is 2.34. The lowest BCUT2D eigenvalue weighted by molar-refractivity contribution is 1.27. The van der Waals surface area contributed by atoms with Gasteiger partial charge in [-0.2, -0.15) is 0 Å². The van der Waals surface area contributed by atoms with E-state index in [-0.39, 0.29) is 0 Å². The van der Waals surface area contributed by atoms with Gasteiger partial charge in [-0.3, -0.25) is 0 Å². The van der Waals surface area contributed by atoms with Crippen LogP contribution in [0.15, 0.2) is 41.4 Å². The van der Waals surface area contributed by atoms with Crippen molar-refractivity contribution in [3.8, 4) is 0 Å². The van der Waals surface area contributed by atoms with Crippen LogP contribution in [-0.4, -0.2) is 18.0 Å². The molecule has 0 aromatic heterocycles. The molecule has 0 saturated carbocycles. The van der Waals surface area contributed by atoms with E-state index in [9.17, 15) is 0 Å². The van der Waals surface area contributed by atoms with Gasteiger partial charge in [0.15, 0.2) is 5.17 Å². The third-order valence-corrected chi connectivity index (χ3v) is 3.91. The number of hydrogen-bond acceptors (Lipinski definition) is 3. The van der Waals surface area contributed by atoms with E-state index in [1.54, 1.807) is 11.8 Å². The summed E-state index contributed by atoms with van der Waals surface area (Å²) in [5, 5.41) is 3.60. The van der Waals surface area contributed by atoms with Gasteiger partial charge in [-0.15, -0.1) is 0 Å². The monoisotopic (exact) mass is 242 g/mol. The molecule has 3 heteroatoms. The summed E-state index contributed by atoms with van der Waals surface area (Å²) in [7, 11) is 2.09. The number of hydrogen-bond donors (Lipinski definition) is 0. The lowest BCUT2D eigenvalue weighted by atomic mass is 10.1. The molecular formula is C14H14N2S. The van der Waals surface area contributed by atoms with Gasteiger partial charge in [-0.25, -0.2) is 4.99 Å². The van der Waals surface area contributed by atoms with Crippen molar-refractivity contribution in [3.05, 3.63) is 36.4 Å². The second kappa shape index (κ2) is 4.08. The summed E-state index contributed by atoms with van der Waals surface area (Å²) in [6.07, 6.45) is 0. The molecule has 0 bridgehead atoms. The number of benzene rings is 2. The highest BCUT2D eigenvalue weighted by molar-refractivity contribution is 8.14. The van der Waals surface area contributed by atoms with Crippen LogP contribution in [0.4, 0.5) is 11.4 Å². The Morgan fingerprint density at radius 2 is 1.94 bits per heavy atom. The zero-order chi connectivity index (χ0) is 11.8. The van der Waals surface area contributed by atoms with Gasteiger partial charge in [-0.05, 0) is 23.3 Å². The average Bonchev–Trinajstić information content (AvgIpc) is 2.36. The van der Waals surface area contributed by atoms with E-state index in [1.165, 1.54) is 16.5 Å². The van der Waals surface area contributed by atoms with Crippen LogP contribution in [0.25, 0.3) is 10.8 Å². The minimum atomic E-state index is 1.04. The van der Waals surface area contributed by atoms with E-state index < -0.39 is 0 Å². The summed E-state index contributed by atoms with van der Waals surface area (Å²) in [4.78, 5) is 6.92. The second-order valence-electron chi connectivity index (χ2n) is 4.04. The van der Waals surface area contributed by atoms with Crippen LogP contribution in [-0.2, 0) is 0 Å². The highest BCUT2D eigenvalue weighted by Crippen LogP contribution is 2.39. The zero-order valence-corrected chi connectivity index (χ0v) is 10.8. The molecule has 2 aromatic carbocycles. The van der Waals surface area contributed by atoms with E-state index in [4.69, 9.17) is 4.99 Å². The largest absolute Gasteiger partial charge is 0.323 e. The normalized spacial score (nSPS) is 14.0. The van der Waals surface area contributed by atoms with E-state index in [2.05, 4.69) is 55.3 Å². The van der Waals surface area contributed by atoms with Crippen LogP contribution in [0.1, 0.15) is 6.92 Å². The van der Waals surface area contributed by atoms with Crippen molar-refractivity contribution in [2.75, 3.05) is 17.7 Å². The second-order valence-corrected chi connectivity index (χ2v) is 5.27. The van der Waals surface area contributed by atoms with Gasteiger partial charge in [0.25, 0.3) is 0 Å². The third kappa shape index (κ3) is 1.62. The molecule has 1 heterocycles. The van der Waals surface area contributed by atoms with Crippen molar-refractivity contribution in [1.82, 2.24) is 0 Å².